The third kappa shape index (κ3) is 6.34. The third-order valence-corrected chi connectivity index (χ3v) is 7.95. The van der Waals surface area contributed by atoms with Gasteiger partial charge in [-0.1, -0.05) is 79.0 Å². The fourth-order valence-corrected chi connectivity index (χ4v) is 5.63. The minimum absolute atomic E-state index is 0.107. The molecule has 5 heteroatoms. The Bertz CT molecular complexity index is 1130. The number of rotatable bonds is 9. The highest BCUT2D eigenvalue weighted by Crippen LogP contribution is 2.33. The van der Waals surface area contributed by atoms with Crippen molar-refractivity contribution < 1.29 is 4.79 Å². The lowest BCUT2D eigenvalue weighted by molar-refractivity contribution is 0.0195. The van der Waals surface area contributed by atoms with Gasteiger partial charge in [-0.25, -0.2) is 0 Å². The average Bonchev–Trinajstić information content (AvgIpc) is 2.93. The summed E-state index contributed by atoms with van der Waals surface area (Å²) >= 11 is 0. The van der Waals surface area contributed by atoms with Crippen molar-refractivity contribution in [2.75, 3.05) is 26.2 Å². The van der Waals surface area contributed by atoms with Crippen molar-refractivity contribution in [1.29, 1.82) is 0 Å². The molecule has 1 fully saturated rings. The molecule has 0 unspecified atom stereocenters. The molecule has 1 saturated heterocycles. The third-order valence-electron chi connectivity index (χ3n) is 7.95. The molecule has 1 amide bonds. The molecule has 0 aliphatic carbocycles. The van der Waals surface area contributed by atoms with Gasteiger partial charge in [-0.2, -0.15) is 0 Å². The average molecular weight is 496 g/mol. The van der Waals surface area contributed by atoms with Gasteiger partial charge in [-0.15, -0.1) is 0 Å². The molecule has 0 N–H and O–H groups in total. The molecule has 3 aromatic carbocycles. The van der Waals surface area contributed by atoms with Gasteiger partial charge in [-0.3, -0.25) is 14.6 Å². The number of amides is 1. The lowest BCUT2D eigenvalue weighted by atomic mass is 9.73. The zero-order valence-electron chi connectivity index (χ0n) is 23.2. The van der Waals surface area contributed by atoms with Gasteiger partial charge in [-0.05, 0) is 56.5 Å². The quantitative estimate of drug-likeness (QED) is 0.393. The summed E-state index contributed by atoms with van der Waals surface area (Å²) < 4.78 is 0. The maximum Gasteiger partial charge on any atom is 0.253 e. The van der Waals surface area contributed by atoms with Crippen LogP contribution in [-0.2, 0) is 6.54 Å². The number of piperazine rings is 1. The molecule has 1 aliphatic rings. The first-order valence-corrected chi connectivity index (χ1v) is 14.0. The number of carbonyl (C=O) groups excluding carboxylic acids is 1. The zero-order chi connectivity index (χ0) is 26.4. The highest BCUT2D eigenvalue weighted by Gasteiger charge is 2.34. The molecule has 3 aromatic rings. The smallest absolute Gasteiger partial charge is 0.253 e. The van der Waals surface area contributed by atoms with Crippen molar-refractivity contribution >= 4 is 18.6 Å². The Balaban J connectivity index is 1.56. The van der Waals surface area contributed by atoms with Gasteiger partial charge in [0, 0.05) is 50.4 Å². The first kappa shape index (κ1) is 27.2. The van der Waals surface area contributed by atoms with Crippen LogP contribution < -0.4 is 5.46 Å². The number of benzene rings is 3. The summed E-state index contributed by atoms with van der Waals surface area (Å²) in [4.78, 5) is 20.0. The van der Waals surface area contributed by atoms with Crippen molar-refractivity contribution in [3.8, 4) is 0 Å². The van der Waals surface area contributed by atoms with E-state index >= 15 is 0 Å². The molecule has 3 atom stereocenters. The minimum Gasteiger partial charge on any atom is -0.339 e. The molecule has 194 valence electrons. The molecule has 1 aliphatic heterocycles. The second-order valence-electron chi connectivity index (χ2n) is 10.4. The van der Waals surface area contributed by atoms with E-state index in [1.54, 1.807) is 0 Å². The second-order valence-corrected chi connectivity index (χ2v) is 10.4. The normalized spacial score (nSPS) is 19.4. The lowest BCUT2D eigenvalue weighted by Crippen LogP contribution is -2.56. The van der Waals surface area contributed by atoms with Gasteiger partial charge in [0.05, 0.1) is 6.04 Å². The van der Waals surface area contributed by atoms with E-state index in [1.807, 2.05) is 30.9 Å². The van der Waals surface area contributed by atoms with Gasteiger partial charge in [0.2, 0.25) is 0 Å². The van der Waals surface area contributed by atoms with Crippen molar-refractivity contribution in [1.82, 2.24) is 14.7 Å². The van der Waals surface area contributed by atoms with Gasteiger partial charge in [0.25, 0.3) is 5.91 Å². The maximum absolute atomic E-state index is 12.9. The number of hydrogen-bond acceptors (Lipinski definition) is 3. The molecule has 37 heavy (non-hydrogen) atoms. The van der Waals surface area contributed by atoms with Gasteiger partial charge in [0.1, 0.15) is 0 Å². The Labute approximate surface area is 224 Å². The predicted molar refractivity (Wildman–Crippen MR) is 157 cm³/mol. The van der Waals surface area contributed by atoms with Crippen LogP contribution in [0.2, 0.25) is 6.82 Å². The van der Waals surface area contributed by atoms with Crippen LogP contribution in [0.3, 0.4) is 0 Å². The van der Waals surface area contributed by atoms with Crippen LogP contribution in [-0.4, -0.2) is 66.1 Å². The van der Waals surface area contributed by atoms with Crippen LogP contribution in [0.15, 0.2) is 78.9 Å². The van der Waals surface area contributed by atoms with E-state index in [9.17, 15) is 4.79 Å². The fraction of sp³-hybridized carbons (Fsp3) is 0.406. The molecule has 1 heterocycles. The number of hydrogen-bond donors (Lipinski definition) is 0. The standard InChI is InChI=1S/C32H42BN3O/c1-6-34(7-2)32(37)29-17-15-28(16-18-29)31(27-11-9-8-10-12-27)36-22-24(3)35(21-25(36)4)23-26-13-19-30(33-5)20-14-26/h8-20,24-25,31,33H,6-7,21-23H2,1-5H3/t24-,25+,31+/m1/s1. The molecule has 0 aromatic heterocycles. The van der Waals surface area contributed by atoms with Crippen LogP contribution >= 0.6 is 0 Å². The van der Waals surface area contributed by atoms with E-state index in [4.69, 9.17) is 0 Å². The maximum atomic E-state index is 12.9. The first-order valence-electron chi connectivity index (χ1n) is 14.0. The summed E-state index contributed by atoms with van der Waals surface area (Å²) in [5.74, 6) is 0.107. The topological polar surface area (TPSA) is 26.8 Å². The molecular formula is C32H42BN3O. The monoisotopic (exact) mass is 495 g/mol. The molecule has 0 radical (unpaired) electrons. The lowest BCUT2D eigenvalue weighted by Gasteiger charge is -2.47. The molecule has 4 nitrogen and oxygen atoms in total. The molecule has 0 saturated carbocycles. The van der Waals surface area contributed by atoms with Gasteiger partial charge < -0.3 is 4.90 Å². The van der Waals surface area contributed by atoms with Gasteiger partial charge in [0.15, 0.2) is 7.28 Å². The Morgan fingerprint density at radius 1 is 0.865 bits per heavy atom. The second kappa shape index (κ2) is 12.6. The van der Waals surface area contributed by atoms with Crippen LogP contribution in [0.4, 0.5) is 0 Å². The zero-order valence-corrected chi connectivity index (χ0v) is 23.2. The molecule has 4 rings (SSSR count). The number of carbonyl (C=O) groups is 1. The van der Waals surface area contributed by atoms with Crippen LogP contribution in [0.25, 0.3) is 0 Å². The molecular weight excluding hydrogens is 453 g/mol. The predicted octanol–water partition coefficient (Wildman–Crippen LogP) is 4.96. The Kier molecular flexibility index (Phi) is 9.23. The van der Waals surface area contributed by atoms with E-state index in [-0.39, 0.29) is 11.9 Å². The van der Waals surface area contributed by atoms with Crippen LogP contribution in [0.1, 0.15) is 60.8 Å². The van der Waals surface area contributed by atoms with E-state index in [0.29, 0.717) is 12.1 Å². The van der Waals surface area contributed by atoms with E-state index < -0.39 is 0 Å². The molecule has 0 bridgehead atoms. The Morgan fingerprint density at radius 3 is 2.08 bits per heavy atom. The van der Waals surface area contributed by atoms with Crippen molar-refractivity contribution in [3.05, 3.63) is 101 Å². The van der Waals surface area contributed by atoms with Crippen molar-refractivity contribution in [2.24, 2.45) is 0 Å². The van der Waals surface area contributed by atoms with E-state index in [0.717, 1.165) is 45.6 Å². The van der Waals surface area contributed by atoms with E-state index in [2.05, 4.69) is 97.2 Å². The van der Waals surface area contributed by atoms with E-state index in [1.165, 1.54) is 22.2 Å². The summed E-state index contributed by atoms with van der Waals surface area (Å²) in [6, 6.07) is 29.2. The Morgan fingerprint density at radius 2 is 1.49 bits per heavy atom. The van der Waals surface area contributed by atoms with Crippen LogP contribution in [0.5, 0.6) is 0 Å². The van der Waals surface area contributed by atoms with Crippen molar-refractivity contribution in [2.45, 2.75) is 59.2 Å². The first-order chi connectivity index (χ1) is 17.9. The number of nitrogens with zero attached hydrogens (tertiary/aromatic N) is 3. The van der Waals surface area contributed by atoms with Crippen LogP contribution in [0, 0.1) is 0 Å². The highest BCUT2D eigenvalue weighted by atomic mass is 16.2. The largest absolute Gasteiger partial charge is 0.339 e. The summed E-state index contributed by atoms with van der Waals surface area (Å²) in [5.41, 5.74) is 6.08. The van der Waals surface area contributed by atoms with Crippen molar-refractivity contribution in [3.63, 3.8) is 0 Å². The summed E-state index contributed by atoms with van der Waals surface area (Å²) in [6.45, 7) is 15.4. The minimum atomic E-state index is 0.107. The summed E-state index contributed by atoms with van der Waals surface area (Å²) in [7, 11) is 1.08. The summed E-state index contributed by atoms with van der Waals surface area (Å²) in [5, 5.41) is 0. The fourth-order valence-electron chi connectivity index (χ4n) is 5.63. The van der Waals surface area contributed by atoms with Gasteiger partial charge >= 0.3 is 0 Å². The summed E-state index contributed by atoms with van der Waals surface area (Å²) in [6.07, 6.45) is 0. The highest BCUT2D eigenvalue weighted by molar-refractivity contribution is 6.51. The molecule has 0 spiro atoms. The Hall–Kier alpha value is -2.89. The SMILES string of the molecule is CBc1ccc(CN2C[C@H](C)N([C@@H](c3ccccc3)c3ccc(C(=O)N(CC)CC)cc3)C[C@H]2C)cc1.